The molecular formula is C26H26N8. The average Bonchev–Trinajstić information content (AvgIpc) is 3.68. The van der Waals surface area contributed by atoms with Crippen molar-refractivity contribution in [2.24, 2.45) is 5.92 Å². The second-order valence-electron chi connectivity index (χ2n) is 9.62. The molecule has 0 N–H and O–H groups in total. The molecule has 170 valence electrons. The van der Waals surface area contributed by atoms with Crippen LogP contribution in [0.1, 0.15) is 30.5 Å². The minimum absolute atomic E-state index is 0.574. The van der Waals surface area contributed by atoms with Gasteiger partial charge in [0.1, 0.15) is 11.3 Å². The number of hydrogen-bond acceptors (Lipinski definition) is 5. The molecule has 1 aliphatic heterocycles. The van der Waals surface area contributed by atoms with Crippen molar-refractivity contribution in [2.75, 3.05) is 6.54 Å². The Kier molecular flexibility index (Phi) is 4.58. The standard InChI is InChI=1S/C26H26N8/c1-2-8-31(7-1)24-10-21(11-27-12-24)25-18-34(30-29-25)17-22-16-33-15-20(4-6-26(33)28-22)14-32-13-19-3-5-23(32)9-19/h1-2,4,6-8,10-12,15-16,18-19,23H,3,5,9,13-14,17H2. The Balaban J connectivity index is 1.08. The van der Waals surface area contributed by atoms with Gasteiger partial charge in [-0.1, -0.05) is 11.3 Å². The van der Waals surface area contributed by atoms with Gasteiger partial charge in [0.05, 0.1) is 30.3 Å². The van der Waals surface area contributed by atoms with E-state index in [0.29, 0.717) is 6.54 Å². The third-order valence-corrected chi connectivity index (χ3v) is 7.26. The van der Waals surface area contributed by atoms with Crippen molar-refractivity contribution in [3.63, 3.8) is 0 Å². The fourth-order valence-electron chi connectivity index (χ4n) is 5.60. The summed E-state index contributed by atoms with van der Waals surface area (Å²) in [5.74, 6) is 0.924. The zero-order valence-electron chi connectivity index (χ0n) is 18.9. The van der Waals surface area contributed by atoms with Crippen LogP contribution in [0, 0.1) is 5.92 Å². The second-order valence-corrected chi connectivity index (χ2v) is 9.62. The molecule has 0 radical (unpaired) electrons. The molecule has 5 aromatic heterocycles. The molecule has 2 aliphatic rings. The molecule has 0 spiro atoms. The molecule has 6 heterocycles. The van der Waals surface area contributed by atoms with Gasteiger partial charge in [0.25, 0.3) is 0 Å². The van der Waals surface area contributed by atoms with Crippen LogP contribution in [-0.2, 0) is 13.1 Å². The first-order valence-corrected chi connectivity index (χ1v) is 12.0. The molecule has 7 rings (SSSR count). The van der Waals surface area contributed by atoms with Crippen LogP contribution in [-0.4, -0.2) is 51.4 Å². The number of pyridine rings is 2. The van der Waals surface area contributed by atoms with Crippen LogP contribution in [0.4, 0.5) is 0 Å². The Morgan fingerprint density at radius 1 is 0.971 bits per heavy atom. The van der Waals surface area contributed by atoms with Crippen LogP contribution in [0.2, 0.25) is 0 Å². The van der Waals surface area contributed by atoms with Crippen molar-refractivity contribution in [1.29, 1.82) is 0 Å². The molecule has 8 nitrogen and oxygen atoms in total. The molecule has 1 saturated heterocycles. The summed E-state index contributed by atoms with van der Waals surface area (Å²) in [6, 6.07) is 11.2. The van der Waals surface area contributed by atoms with Gasteiger partial charge in [-0.25, -0.2) is 9.67 Å². The summed E-state index contributed by atoms with van der Waals surface area (Å²) in [6.45, 7) is 2.87. The minimum Gasteiger partial charge on any atom is -0.322 e. The van der Waals surface area contributed by atoms with Crippen LogP contribution in [0.5, 0.6) is 0 Å². The van der Waals surface area contributed by atoms with Crippen molar-refractivity contribution in [1.82, 2.24) is 38.8 Å². The summed E-state index contributed by atoms with van der Waals surface area (Å²) in [5.41, 5.74) is 6.01. The van der Waals surface area contributed by atoms with Crippen LogP contribution >= 0.6 is 0 Å². The van der Waals surface area contributed by atoms with Crippen molar-refractivity contribution < 1.29 is 0 Å². The van der Waals surface area contributed by atoms with Gasteiger partial charge in [-0.2, -0.15) is 0 Å². The molecule has 2 fully saturated rings. The van der Waals surface area contributed by atoms with E-state index in [9.17, 15) is 0 Å². The Labute approximate surface area is 197 Å². The lowest BCUT2D eigenvalue weighted by atomic mass is 10.1. The van der Waals surface area contributed by atoms with E-state index in [-0.39, 0.29) is 0 Å². The first kappa shape index (κ1) is 19.7. The first-order valence-electron chi connectivity index (χ1n) is 12.0. The predicted octanol–water partition coefficient (Wildman–Crippen LogP) is 3.81. The number of fused-ring (bicyclic) bond motifs is 3. The lowest BCUT2D eigenvalue weighted by Crippen LogP contribution is -2.31. The van der Waals surface area contributed by atoms with Crippen molar-refractivity contribution in [3.05, 3.63) is 85.0 Å². The number of nitrogens with zero attached hydrogens (tertiary/aromatic N) is 8. The summed E-state index contributed by atoms with van der Waals surface area (Å²) in [5, 5.41) is 8.71. The molecule has 0 aromatic carbocycles. The third-order valence-electron chi connectivity index (χ3n) is 7.26. The quantitative estimate of drug-likeness (QED) is 0.394. The molecule has 34 heavy (non-hydrogen) atoms. The van der Waals surface area contributed by atoms with E-state index < -0.39 is 0 Å². The van der Waals surface area contributed by atoms with E-state index >= 15 is 0 Å². The van der Waals surface area contributed by atoms with Gasteiger partial charge in [-0.05, 0) is 55.0 Å². The average molecular weight is 451 g/mol. The molecule has 0 amide bonds. The minimum atomic E-state index is 0.574. The third kappa shape index (κ3) is 3.60. The largest absolute Gasteiger partial charge is 0.322 e. The van der Waals surface area contributed by atoms with E-state index in [1.807, 2.05) is 52.4 Å². The van der Waals surface area contributed by atoms with Gasteiger partial charge in [0, 0.05) is 55.7 Å². The summed E-state index contributed by atoms with van der Waals surface area (Å²) < 4.78 is 6.00. The zero-order valence-corrected chi connectivity index (χ0v) is 18.9. The highest BCUT2D eigenvalue weighted by Crippen LogP contribution is 2.38. The molecule has 5 aromatic rings. The van der Waals surface area contributed by atoms with E-state index in [0.717, 1.165) is 46.8 Å². The smallest absolute Gasteiger partial charge is 0.137 e. The Morgan fingerprint density at radius 3 is 2.76 bits per heavy atom. The van der Waals surface area contributed by atoms with E-state index in [1.54, 1.807) is 0 Å². The van der Waals surface area contributed by atoms with Crippen LogP contribution in [0.3, 0.4) is 0 Å². The summed E-state index contributed by atoms with van der Waals surface area (Å²) >= 11 is 0. The van der Waals surface area contributed by atoms with Gasteiger partial charge in [0.15, 0.2) is 0 Å². The topological polar surface area (TPSA) is 69.1 Å². The molecule has 8 heteroatoms. The number of rotatable bonds is 6. The number of aromatic nitrogens is 7. The van der Waals surface area contributed by atoms with Crippen LogP contribution in [0.25, 0.3) is 22.6 Å². The lowest BCUT2D eigenvalue weighted by molar-refractivity contribution is 0.205. The lowest BCUT2D eigenvalue weighted by Gasteiger charge is -2.26. The molecule has 2 bridgehead atoms. The SMILES string of the molecule is c1ccn(-c2cncc(-c3cn(Cc4cn5cc(CN6CC7CCC6C7)ccc5n4)nn3)c2)c1. The molecule has 1 aliphatic carbocycles. The highest BCUT2D eigenvalue weighted by molar-refractivity contribution is 5.59. The maximum Gasteiger partial charge on any atom is 0.137 e. The van der Waals surface area contributed by atoms with Gasteiger partial charge in [-0.15, -0.1) is 5.10 Å². The highest BCUT2D eigenvalue weighted by Gasteiger charge is 2.37. The molecule has 1 saturated carbocycles. The summed E-state index contributed by atoms with van der Waals surface area (Å²) in [4.78, 5) is 11.8. The molecular weight excluding hydrogens is 424 g/mol. The number of likely N-dealkylation sites (tertiary alicyclic amines) is 1. The van der Waals surface area contributed by atoms with Crippen molar-refractivity contribution >= 4 is 5.65 Å². The molecule has 2 atom stereocenters. The summed E-state index contributed by atoms with van der Waals surface area (Å²) in [7, 11) is 0. The number of imidazole rings is 1. The monoisotopic (exact) mass is 450 g/mol. The Bertz CT molecular complexity index is 1450. The molecule has 2 unspecified atom stereocenters. The van der Waals surface area contributed by atoms with E-state index in [2.05, 4.69) is 55.2 Å². The fraction of sp³-hybridized carbons (Fsp3) is 0.308. The van der Waals surface area contributed by atoms with Gasteiger partial charge >= 0.3 is 0 Å². The summed E-state index contributed by atoms with van der Waals surface area (Å²) in [6.07, 6.45) is 18.1. The van der Waals surface area contributed by atoms with Crippen LogP contribution < -0.4 is 0 Å². The van der Waals surface area contributed by atoms with E-state index in [4.69, 9.17) is 4.98 Å². The zero-order chi connectivity index (χ0) is 22.5. The predicted molar refractivity (Wildman–Crippen MR) is 128 cm³/mol. The first-order chi connectivity index (χ1) is 16.8. The van der Waals surface area contributed by atoms with E-state index in [1.165, 1.54) is 31.4 Å². The second kappa shape index (κ2) is 7.92. The highest BCUT2D eigenvalue weighted by atomic mass is 15.4. The van der Waals surface area contributed by atoms with Crippen molar-refractivity contribution in [2.45, 2.75) is 38.4 Å². The Hall–Kier alpha value is -3.78. The maximum atomic E-state index is 4.79. The normalized spacial score (nSPS) is 20.0. The fourth-order valence-corrected chi connectivity index (χ4v) is 5.60. The number of piperidine rings is 1. The van der Waals surface area contributed by atoms with Gasteiger partial charge < -0.3 is 8.97 Å². The van der Waals surface area contributed by atoms with Crippen LogP contribution in [0.15, 0.2) is 73.7 Å². The van der Waals surface area contributed by atoms with Gasteiger partial charge in [-0.3, -0.25) is 9.88 Å². The maximum absolute atomic E-state index is 4.79. The Morgan fingerprint density at radius 2 is 1.91 bits per heavy atom. The van der Waals surface area contributed by atoms with Gasteiger partial charge in [0.2, 0.25) is 0 Å². The van der Waals surface area contributed by atoms with Crippen molar-refractivity contribution in [3.8, 4) is 16.9 Å². The number of hydrogen-bond donors (Lipinski definition) is 0.